The Balaban J connectivity index is 2.42. The van der Waals surface area contributed by atoms with Crippen LogP contribution in [0.15, 0.2) is 34.7 Å². The van der Waals surface area contributed by atoms with E-state index in [1.807, 2.05) is 6.92 Å². The van der Waals surface area contributed by atoms with Crippen LogP contribution < -0.4 is 11.3 Å². The van der Waals surface area contributed by atoms with Gasteiger partial charge in [0.15, 0.2) is 5.22 Å². The maximum atomic E-state index is 13.0. The molecule has 0 spiro atoms. The topological polar surface area (TPSA) is 51.2 Å². The summed E-state index contributed by atoms with van der Waals surface area (Å²) in [6.07, 6.45) is 0. The molecular formula is C12H12ClFN2O. The van der Waals surface area contributed by atoms with Crippen molar-refractivity contribution in [1.82, 2.24) is 5.43 Å². The van der Waals surface area contributed by atoms with E-state index in [2.05, 4.69) is 5.43 Å². The van der Waals surface area contributed by atoms with Gasteiger partial charge in [-0.25, -0.2) is 9.82 Å². The van der Waals surface area contributed by atoms with Crippen molar-refractivity contribution in [2.75, 3.05) is 0 Å². The molecule has 0 bridgehead atoms. The van der Waals surface area contributed by atoms with Crippen LogP contribution in [0.3, 0.4) is 0 Å². The predicted octanol–water partition coefficient (Wildman–Crippen LogP) is 2.93. The first-order chi connectivity index (χ1) is 8.11. The van der Waals surface area contributed by atoms with E-state index >= 15 is 0 Å². The molecule has 2 aromatic rings. The van der Waals surface area contributed by atoms with Crippen molar-refractivity contribution in [2.45, 2.75) is 13.0 Å². The molecule has 1 aromatic heterocycles. The van der Waals surface area contributed by atoms with Crippen LogP contribution in [0.1, 0.15) is 22.9 Å². The summed E-state index contributed by atoms with van der Waals surface area (Å²) in [4.78, 5) is 0. The third kappa shape index (κ3) is 2.49. The van der Waals surface area contributed by atoms with Crippen molar-refractivity contribution in [3.8, 4) is 0 Å². The van der Waals surface area contributed by atoms with Crippen molar-refractivity contribution in [3.63, 3.8) is 0 Å². The fourth-order valence-corrected chi connectivity index (χ4v) is 1.92. The second kappa shape index (κ2) is 4.87. The van der Waals surface area contributed by atoms with E-state index in [0.717, 1.165) is 11.1 Å². The molecule has 1 heterocycles. The number of hydrazine groups is 1. The first kappa shape index (κ1) is 12.1. The third-order valence-corrected chi connectivity index (χ3v) is 2.79. The molecule has 1 aromatic carbocycles. The van der Waals surface area contributed by atoms with Gasteiger partial charge in [0.05, 0.1) is 0 Å². The largest absolute Gasteiger partial charge is 0.448 e. The van der Waals surface area contributed by atoms with Gasteiger partial charge in [0.2, 0.25) is 0 Å². The van der Waals surface area contributed by atoms with E-state index in [1.165, 1.54) is 12.1 Å². The lowest BCUT2D eigenvalue weighted by Crippen LogP contribution is -2.29. The molecule has 0 aliphatic carbocycles. The quantitative estimate of drug-likeness (QED) is 0.654. The number of hydrogen-bond donors (Lipinski definition) is 2. The molecule has 2 rings (SSSR count). The first-order valence-electron chi connectivity index (χ1n) is 5.09. The van der Waals surface area contributed by atoms with Crippen LogP contribution in [0, 0.1) is 12.7 Å². The molecule has 17 heavy (non-hydrogen) atoms. The van der Waals surface area contributed by atoms with Crippen LogP contribution in [0.25, 0.3) is 0 Å². The van der Waals surface area contributed by atoms with Crippen molar-refractivity contribution in [1.29, 1.82) is 0 Å². The van der Waals surface area contributed by atoms with Crippen molar-refractivity contribution in [3.05, 3.63) is 58.3 Å². The molecule has 5 heteroatoms. The first-order valence-corrected chi connectivity index (χ1v) is 5.47. The highest BCUT2D eigenvalue weighted by Crippen LogP contribution is 2.27. The van der Waals surface area contributed by atoms with Crippen LogP contribution >= 0.6 is 11.6 Å². The summed E-state index contributed by atoms with van der Waals surface area (Å²) < 4.78 is 18.3. The van der Waals surface area contributed by atoms with E-state index in [1.54, 1.807) is 18.2 Å². The summed E-state index contributed by atoms with van der Waals surface area (Å²) in [6.45, 7) is 1.81. The Hall–Kier alpha value is -1.36. The van der Waals surface area contributed by atoms with Crippen LogP contribution in [0.4, 0.5) is 4.39 Å². The van der Waals surface area contributed by atoms with Crippen LogP contribution in [-0.4, -0.2) is 0 Å². The van der Waals surface area contributed by atoms with E-state index in [0.29, 0.717) is 11.0 Å². The number of furan rings is 1. The van der Waals surface area contributed by atoms with Crippen molar-refractivity contribution < 1.29 is 8.81 Å². The lowest BCUT2D eigenvalue weighted by molar-refractivity contribution is 0.452. The maximum Gasteiger partial charge on any atom is 0.193 e. The zero-order chi connectivity index (χ0) is 12.4. The predicted molar refractivity (Wildman–Crippen MR) is 64.0 cm³/mol. The Morgan fingerprint density at radius 1 is 1.35 bits per heavy atom. The average Bonchev–Trinajstić information content (AvgIpc) is 2.69. The molecular weight excluding hydrogens is 243 g/mol. The maximum absolute atomic E-state index is 13.0. The van der Waals surface area contributed by atoms with Gasteiger partial charge in [-0.05, 0) is 53.9 Å². The normalized spacial score (nSPS) is 12.7. The second-order valence-corrected chi connectivity index (χ2v) is 4.11. The molecule has 0 saturated heterocycles. The standard InChI is InChI=1S/C12H12ClFN2O/c1-7-6-8(14)2-3-9(7)12(16-15)10-4-5-11(13)17-10/h2-6,12,16H,15H2,1H3. The summed E-state index contributed by atoms with van der Waals surface area (Å²) in [7, 11) is 0. The zero-order valence-corrected chi connectivity index (χ0v) is 9.96. The molecule has 90 valence electrons. The van der Waals surface area contributed by atoms with Gasteiger partial charge in [-0.15, -0.1) is 0 Å². The minimum absolute atomic E-state index is 0.278. The molecule has 0 saturated carbocycles. The molecule has 0 aliphatic heterocycles. The van der Waals surface area contributed by atoms with E-state index in [-0.39, 0.29) is 11.9 Å². The smallest absolute Gasteiger partial charge is 0.193 e. The summed E-state index contributed by atoms with van der Waals surface area (Å²) in [5.74, 6) is 5.82. The number of hydrogen-bond acceptors (Lipinski definition) is 3. The minimum Gasteiger partial charge on any atom is -0.448 e. The van der Waals surface area contributed by atoms with Crippen molar-refractivity contribution in [2.24, 2.45) is 5.84 Å². The molecule has 1 atom stereocenters. The summed E-state index contributed by atoms with van der Waals surface area (Å²) in [6, 6.07) is 7.53. The van der Waals surface area contributed by atoms with Gasteiger partial charge in [0.1, 0.15) is 17.6 Å². The van der Waals surface area contributed by atoms with Gasteiger partial charge in [-0.3, -0.25) is 5.84 Å². The highest BCUT2D eigenvalue weighted by Gasteiger charge is 2.18. The van der Waals surface area contributed by atoms with Gasteiger partial charge in [-0.1, -0.05) is 6.07 Å². The SMILES string of the molecule is Cc1cc(F)ccc1C(NN)c1ccc(Cl)o1. The molecule has 3 N–H and O–H groups in total. The van der Waals surface area contributed by atoms with Crippen LogP contribution in [0.2, 0.25) is 5.22 Å². The molecule has 0 amide bonds. The number of nitrogens with one attached hydrogen (secondary N) is 1. The van der Waals surface area contributed by atoms with Crippen LogP contribution in [-0.2, 0) is 0 Å². The number of nitrogens with two attached hydrogens (primary N) is 1. The lowest BCUT2D eigenvalue weighted by atomic mass is 10.00. The van der Waals surface area contributed by atoms with Crippen LogP contribution in [0.5, 0.6) is 0 Å². The fraction of sp³-hybridized carbons (Fsp3) is 0.167. The van der Waals surface area contributed by atoms with E-state index in [4.69, 9.17) is 21.9 Å². The number of rotatable bonds is 3. The van der Waals surface area contributed by atoms with Gasteiger partial charge >= 0.3 is 0 Å². The molecule has 0 radical (unpaired) electrons. The number of halogens is 2. The summed E-state index contributed by atoms with van der Waals surface area (Å²) >= 11 is 5.72. The highest BCUT2D eigenvalue weighted by atomic mass is 35.5. The monoisotopic (exact) mass is 254 g/mol. The van der Waals surface area contributed by atoms with Gasteiger partial charge in [-0.2, -0.15) is 0 Å². The van der Waals surface area contributed by atoms with E-state index in [9.17, 15) is 4.39 Å². The molecule has 3 nitrogen and oxygen atoms in total. The Morgan fingerprint density at radius 2 is 2.12 bits per heavy atom. The Bertz CT molecular complexity index is 527. The molecule has 1 unspecified atom stereocenters. The van der Waals surface area contributed by atoms with Gasteiger partial charge in [0, 0.05) is 0 Å². The lowest BCUT2D eigenvalue weighted by Gasteiger charge is -2.16. The third-order valence-electron chi connectivity index (χ3n) is 2.59. The van der Waals surface area contributed by atoms with Crippen molar-refractivity contribution >= 4 is 11.6 Å². The Kier molecular flexibility index (Phi) is 3.47. The summed E-state index contributed by atoms with van der Waals surface area (Å²) in [5.41, 5.74) is 4.27. The Labute approximate surface area is 103 Å². The highest BCUT2D eigenvalue weighted by molar-refractivity contribution is 6.28. The zero-order valence-electron chi connectivity index (χ0n) is 9.21. The van der Waals surface area contributed by atoms with Gasteiger partial charge < -0.3 is 4.42 Å². The fourth-order valence-electron chi connectivity index (χ4n) is 1.77. The summed E-state index contributed by atoms with van der Waals surface area (Å²) in [5, 5.41) is 0.292. The second-order valence-electron chi connectivity index (χ2n) is 3.74. The van der Waals surface area contributed by atoms with Gasteiger partial charge in [0.25, 0.3) is 0 Å². The Morgan fingerprint density at radius 3 is 2.65 bits per heavy atom. The van der Waals surface area contributed by atoms with E-state index < -0.39 is 0 Å². The minimum atomic E-state index is -0.344. The number of aryl methyl sites for hydroxylation is 1. The average molecular weight is 255 g/mol. The molecule has 0 fully saturated rings. The number of benzene rings is 1. The molecule has 0 aliphatic rings.